The maximum Gasteiger partial charge on any atom is 0.129 e. The number of nitrogens with one attached hydrogen (secondary N) is 1. The first kappa shape index (κ1) is 15.4. The van der Waals surface area contributed by atoms with Gasteiger partial charge >= 0.3 is 0 Å². The lowest BCUT2D eigenvalue weighted by Gasteiger charge is -2.27. The molecule has 0 saturated carbocycles. The molecule has 1 fully saturated rings. The van der Waals surface area contributed by atoms with Crippen LogP contribution < -0.4 is 5.32 Å². The van der Waals surface area contributed by atoms with Crippen LogP contribution in [0, 0.1) is 17.6 Å². The SMILES string of the molecule is CCNC(Cc1ccc(F)cc1F)CC1CCOCC1. The van der Waals surface area contributed by atoms with Crippen LogP contribution in [0.15, 0.2) is 18.2 Å². The molecule has 0 bridgehead atoms. The third-order valence-corrected chi connectivity index (χ3v) is 3.93. The van der Waals surface area contributed by atoms with Gasteiger partial charge in [-0.15, -0.1) is 0 Å². The normalized spacial score (nSPS) is 18.1. The maximum absolute atomic E-state index is 13.7. The predicted octanol–water partition coefficient (Wildman–Crippen LogP) is 3.30. The Balaban J connectivity index is 1.96. The van der Waals surface area contributed by atoms with Gasteiger partial charge in [0.05, 0.1) is 0 Å². The molecule has 1 aromatic carbocycles. The molecule has 0 aliphatic carbocycles. The van der Waals surface area contributed by atoms with Crippen LogP contribution >= 0.6 is 0 Å². The summed E-state index contributed by atoms with van der Waals surface area (Å²) in [5, 5.41) is 3.42. The van der Waals surface area contributed by atoms with Crippen molar-refractivity contribution in [1.29, 1.82) is 0 Å². The van der Waals surface area contributed by atoms with Gasteiger partial charge in [0.15, 0.2) is 0 Å². The van der Waals surface area contributed by atoms with Gasteiger partial charge in [-0.2, -0.15) is 0 Å². The smallest absolute Gasteiger partial charge is 0.129 e. The number of hydrogen-bond donors (Lipinski definition) is 1. The summed E-state index contributed by atoms with van der Waals surface area (Å²) in [6.07, 6.45) is 3.78. The molecule has 1 unspecified atom stereocenters. The molecule has 2 nitrogen and oxygen atoms in total. The summed E-state index contributed by atoms with van der Waals surface area (Å²) in [5.41, 5.74) is 0.587. The molecule has 0 radical (unpaired) electrons. The molecule has 1 atom stereocenters. The summed E-state index contributed by atoms with van der Waals surface area (Å²) in [4.78, 5) is 0. The molecule has 1 aliphatic heterocycles. The summed E-state index contributed by atoms with van der Waals surface area (Å²) in [6.45, 7) is 4.57. The van der Waals surface area contributed by atoms with E-state index in [9.17, 15) is 8.78 Å². The van der Waals surface area contributed by atoms with Crippen LogP contribution in [0.2, 0.25) is 0 Å². The van der Waals surface area contributed by atoms with E-state index in [0.717, 1.165) is 45.1 Å². The van der Waals surface area contributed by atoms with Crippen molar-refractivity contribution in [3.05, 3.63) is 35.4 Å². The second-order valence-corrected chi connectivity index (χ2v) is 5.49. The molecule has 1 heterocycles. The summed E-state index contributed by atoms with van der Waals surface area (Å²) >= 11 is 0. The quantitative estimate of drug-likeness (QED) is 0.865. The average Bonchev–Trinajstić information content (AvgIpc) is 2.43. The lowest BCUT2D eigenvalue weighted by atomic mass is 9.89. The average molecular weight is 283 g/mol. The fourth-order valence-electron chi connectivity index (χ4n) is 2.86. The Morgan fingerprint density at radius 3 is 2.70 bits per heavy atom. The summed E-state index contributed by atoms with van der Waals surface area (Å²) in [6, 6.07) is 4.09. The third-order valence-electron chi connectivity index (χ3n) is 3.93. The molecule has 1 aromatic rings. The topological polar surface area (TPSA) is 21.3 Å². The van der Waals surface area contributed by atoms with Crippen LogP contribution in [0.3, 0.4) is 0 Å². The van der Waals surface area contributed by atoms with E-state index >= 15 is 0 Å². The van der Waals surface area contributed by atoms with E-state index in [-0.39, 0.29) is 6.04 Å². The Bertz CT molecular complexity index is 419. The van der Waals surface area contributed by atoms with Crippen LogP contribution in [-0.2, 0) is 11.2 Å². The van der Waals surface area contributed by atoms with Crippen LogP contribution in [0.4, 0.5) is 8.78 Å². The van der Waals surface area contributed by atoms with E-state index < -0.39 is 11.6 Å². The van der Waals surface area contributed by atoms with Crippen LogP contribution in [-0.4, -0.2) is 25.8 Å². The fourth-order valence-corrected chi connectivity index (χ4v) is 2.86. The lowest BCUT2D eigenvalue weighted by Crippen LogP contribution is -2.34. The van der Waals surface area contributed by atoms with Crippen LogP contribution in [0.5, 0.6) is 0 Å². The van der Waals surface area contributed by atoms with Crippen molar-refractivity contribution in [2.24, 2.45) is 5.92 Å². The number of rotatable bonds is 6. The van der Waals surface area contributed by atoms with Gasteiger partial charge in [-0.25, -0.2) is 8.78 Å². The number of halogens is 2. The largest absolute Gasteiger partial charge is 0.381 e. The van der Waals surface area contributed by atoms with Crippen molar-refractivity contribution >= 4 is 0 Å². The maximum atomic E-state index is 13.7. The molecule has 20 heavy (non-hydrogen) atoms. The van der Waals surface area contributed by atoms with Crippen molar-refractivity contribution < 1.29 is 13.5 Å². The minimum Gasteiger partial charge on any atom is -0.381 e. The summed E-state index contributed by atoms with van der Waals surface area (Å²) in [5.74, 6) is -0.327. The minimum atomic E-state index is -0.518. The van der Waals surface area contributed by atoms with Crippen LogP contribution in [0.1, 0.15) is 31.7 Å². The first-order chi connectivity index (χ1) is 9.69. The van der Waals surface area contributed by atoms with Crippen molar-refractivity contribution in [3.63, 3.8) is 0 Å². The molecule has 4 heteroatoms. The molecule has 1 N–H and O–H groups in total. The van der Waals surface area contributed by atoms with Gasteiger partial charge in [-0.1, -0.05) is 13.0 Å². The van der Waals surface area contributed by atoms with E-state index in [1.54, 1.807) is 6.07 Å². The summed E-state index contributed by atoms with van der Waals surface area (Å²) in [7, 11) is 0. The first-order valence-electron chi connectivity index (χ1n) is 7.44. The molecule has 0 spiro atoms. The Hall–Kier alpha value is -1.00. The monoisotopic (exact) mass is 283 g/mol. The third kappa shape index (κ3) is 4.53. The molecule has 112 valence electrons. The first-order valence-corrected chi connectivity index (χ1v) is 7.44. The van der Waals surface area contributed by atoms with Gasteiger partial charge in [-0.05, 0) is 49.8 Å². The van der Waals surface area contributed by atoms with Crippen LogP contribution in [0.25, 0.3) is 0 Å². The van der Waals surface area contributed by atoms with E-state index in [4.69, 9.17) is 4.74 Å². The van der Waals surface area contributed by atoms with Gasteiger partial charge in [0.25, 0.3) is 0 Å². The predicted molar refractivity (Wildman–Crippen MR) is 75.7 cm³/mol. The van der Waals surface area contributed by atoms with Gasteiger partial charge in [-0.3, -0.25) is 0 Å². The molecule has 0 amide bonds. The van der Waals surface area contributed by atoms with Crippen molar-refractivity contribution in [3.8, 4) is 0 Å². The zero-order chi connectivity index (χ0) is 14.4. The number of hydrogen-bond acceptors (Lipinski definition) is 2. The molecular weight excluding hydrogens is 260 g/mol. The standard InChI is InChI=1S/C16H23F2NO/c1-2-19-15(9-12-5-7-20-8-6-12)10-13-3-4-14(17)11-16(13)18/h3-4,11-12,15,19H,2,5-10H2,1H3. The highest BCUT2D eigenvalue weighted by Crippen LogP contribution is 2.22. The number of ether oxygens (including phenoxy) is 1. The van der Waals surface area contributed by atoms with Gasteiger partial charge in [0, 0.05) is 25.3 Å². The molecule has 1 saturated heterocycles. The van der Waals surface area contributed by atoms with Crippen molar-refractivity contribution in [1.82, 2.24) is 5.32 Å². The Labute approximate surface area is 119 Å². The lowest BCUT2D eigenvalue weighted by molar-refractivity contribution is 0.0606. The van der Waals surface area contributed by atoms with Gasteiger partial charge in [0.1, 0.15) is 11.6 Å². The Kier molecular flexibility index (Phi) is 5.92. The zero-order valence-electron chi connectivity index (χ0n) is 12.0. The second kappa shape index (κ2) is 7.70. The van der Waals surface area contributed by atoms with E-state index in [1.807, 2.05) is 0 Å². The molecular formula is C16H23F2NO. The second-order valence-electron chi connectivity index (χ2n) is 5.49. The zero-order valence-corrected chi connectivity index (χ0v) is 12.0. The van der Waals surface area contributed by atoms with Crippen molar-refractivity contribution in [2.45, 2.75) is 38.6 Å². The Morgan fingerprint density at radius 1 is 1.30 bits per heavy atom. The highest BCUT2D eigenvalue weighted by molar-refractivity contribution is 5.19. The van der Waals surface area contributed by atoms with E-state index in [0.29, 0.717) is 17.9 Å². The Morgan fingerprint density at radius 2 is 2.05 bits per heavy atom. The molecule has 2 rings (SSSR count). The summed E-state index contributed by atoms with van der Waals surface area (Å²) < 4.78 is 32.0. The number of likely N-dealkylation sites (N-methyl/N-ethyl adjacent to an activating group) is 1. The highest BCUT2D eigenvalue weighted by Gasteiger charge is 2.20. The van der Waals surface area contributed by atoms with E-state index in [2.05, 4.69) is 12.2 Å². The van der Waals surface area contributed by atoms with Gasteiger partial charge in [0.2, 0.25) is 0 Å². The van der Waals surface area contributed by atoms with Gasteiger partial charge < -0.3 is 10.1 Å². The fraction of sp³-hybridized carbons (Fsp3) is 0.625. The molecule has 0 aromatic heterocycles. The number of benzene rings is 1. The minimum absolute atomic E-state index is 0.239. The molecule has 1 aliphatic rings. The van der Waals surface area contributed by atoms with E-state index in [1.165, 1.54) is 6.07 Å². The highest BCUT2D eigenvalue weighted by atomic mass is 19.1. The van der Waals surface area contributed by atoms with Crippen molar-refractivity contribution in [2.75, 3.05) is 19.8 Å².